The summed E-state index contributed by atoms with van der Waals surface area (Å²) in [6.45, 7) is 3.44. The minimum absolute atomic E-state index is 0.335. The maximum atomic E-state index is 12.7. The van der Waals surface area contributed by atoms with E-state index in [1.807, 2.05) is 54.6 Å². The van der Waals surface area contributed by atoms with E-state index >= 15 is 0 Å². The first-order valence-corrected chi connectivity index (χ1v) is 14.0. The summed E-state index contributed by atoms with van der Waals surface area (Å²) in [4.78, 5) is 8.85. The molecule has 3 aromatic carbocycles. The van der Waals surface area contributed by atoms with Crippen molar-refractivity contribution in [1.29, 1.82) is 5.26 Å². The quantitative estimate of drug-likeness (QED) is 0.228. The maximum absolute atomic E-state index is 12.7. The number of para-hydroxylation sites is 1. The third-order valence-electron chi connectivity index (χ3n) is 5.57. The SMILES string of the molecule is CP(C)(=O)c1ccccc1Nc1nc(Nc2ccc3[nH]nc(-c4cccc(C#N)c4)c3c2)ncc1Cl. The zero-order valence-corrected chi connectivity index (χ0v) is 21.1. The summed E-state index contributed by atoms with van der Waals surface area (Å²) < 4.78 is 12.7. The van der Waals surface area contributed by atoms with Gasteiger partial charge in [0.15, 0.2) is 5.82 Å². The molecule has 0 bridgehead atoms. The Morgan fingerprint density at radius 2 is 1.86 bits per heavy atom. The van der Waals surface area contributed by atoms with E-state index in [0.29, 0.717) is 33.3 Å². The second kappa shape index (κ2) is 9.46. The smallest absolute Gasteiger partial charge is 0.229 e. The fourth-order valence-corrected chi connectivity index (χ4v) is 5.16. The summed E-state index contributed by atoms with van der Waals surface area (Å²) in [5, 5.41) is 25.1. The van der Waals surface area contributed by atoms with Crippen LogP contribution in [0.25, 0.3) is 22.2 Å². The van der Waals surface area contributed by atoms with E-state index in [1.165, 1.54) is 6.20 Å². The number of aromatic amines is 1. The largest absolute Gasteiger partial charge is 0.338 e. The minimum atomic E-state index is -2.52. The van der Waals surface area contributed by atoms with Crippen LogP contribution < -0.4 is 15.9 Å². The Morgan fingerprint density at radius 3 is 2.67 bits per heavy atom. The molecule has 2 heterocycles. The number of anilines is 4. The first-order valence-electron chi connectivity index (χ1n) is 11.0. The molecule has 0 aliphatic rings. The lowest BCUT2D eigenvalue weighted by molar-refractivity contribution is 0.588. The summed E-state index contributed by atoms with van der Waals surface area (Å²) in [6.07, 6.45) is 1.51. The number of benzene rings is 3. The van der Waals surface area contributed by atoms with Crippen LogP contribution in [0.15, 0.2) is 72.9 Å². The van der Waals surface area contributed by atoms with E-state index in [2.05, 4.69) is 36.9 Å². The van der Waals surface area contributed by atoms with Crippen molar-refractivity contribution in [3.05, 3.63) is 83.5 Å². The van der Waals surface area contributed by atoms with Crippen molar-refractivity contribution < 1.29 is 4.57 Å². The Hall–Kier alpha value is -4.18. The van der Waals surface area contributed by atoms with Crippen molar-refractivity contribution >= 4 is 58.1 Å². The first kappa shape index (κ1) is 23.6. The summed E-state index contributed by atoms with van der Waals surface area (Å²) in [5.41, 5.74) is 4.44. The molecule has 0 fully saturated rings. The highest BCUT2D eigenvalue weighted by Crippen LogP contribution is 2.38. The molecule has 0 aliphatic carbocycles. The van der Waals surface area contributed by atoms with Gasteiger partial charge >= 0.3 is 0 Å². The molecule has 5 aromatic rings. The van der Waals surface area contributed by atoms with Crippen molar-refractivity contribution in [1.82, 2.24) is 20.2 Å². The third kappa shape index (κ3) is 4.80. The Labute approximate surface area is 212 Å². The summed E-state index contributed by atoms with van der Waals surface area (Å²) in [6, 6.07) is 22.6. The summed E-state index contributed by atoms with van der Waals surface area (Å²) in [7, 11) is -2.52. The molecule has 0 amide bonds. The molecule has 0 saturated carbocycles. The van der Waals surface area contributed by atoms with E-state index in [0.717, 1.165) is 27.8 Å². The zero-order valence-electron chi connectivity index (χ0n) is 19.5. The Kier molecular flexibility index (Phi) is 6.19. The van der Waals surface area contributed by atoms with E-state index < -0.39 is 7.14 Å². The predicted molar refractivity (Wildman–Crippen MR) is 145 cm³/mol. The number of H-pyrrole nitrogens is 1. The van der Waals surface area contributed by atoms with Gasteiger partial charge in [-0.25, -0.2) is 4.98 Å². The standard InChI is InChI=1S/C26H21ClN7OP/c1-36(2,35)23-9-4-3-8-22(23)31-25-20(27)15-29-26(32-25)30-18-10-11-21-19(13-18)24(34-33-21)17-7-5-6-16(12-17)14-28/h3-13,15H,1-2H3,(H,33,34)(H2,29,30,31,32). The van der Waals surface area contributed by atoms with Crippen molar-refractivity contribution in [3.8, 4) is 17.3 Å². The first-order chi connectivity index (χ1) is 17.3. The van der Waals surface area contributed by atoms with Crippen LogP contribution >= 0.6 is 18.7 Å². The van der Waals surface area contributed by atoms with E-state index in [9.17, 15) is 9.83 Å². The molecule has 178 valence electrons. The van der Waals surface area contributed by atoms with Crippen LogP contribution in [-0.4, -0.2) is 33.5 Å². The van der Waals surface area contributed by atoms with Crippen LogP contribution in [0.4, 0.5) is 23.1 Å². The van der Waals surface area contributed by atoms with Crippen molar-refractivity contribution in [2.24, 2.45) is 0 Å². The number of nitriles is 1. The molecule has 10 heteroatoms. The maximum Gasteiger partial charge on any atom is 0.229 e. The molecule has 0 atom stereocenters. The number of halogens is 1. The van der Waals surface area contributed by atoms with Gasteiger partial charge in [0.05, 0.1) is 29.0 Å². The molecule has 0 saturated heterocycles. The average molecular weight is 514 g/mol. The van der Waals surface area contributed by atoms with Crippen LogP contribution in [0.1, 0.15) is 5.56 Å². The second-order valence-electron chi connectivity index (χ2n) is 8.53. The Balaban J connectivity index is 1.46. The van der Waals surface area contributed by atoms with Gasteiger partial charge in [0.1, 0.15) is 17.9 Å². The Morgan fingerprint density at radius 1 is 1.03 bits per heavy atom. The van der Waals surface area contributed by atoms with Gasteiger partial charge in [-0.05, 0) is 55.8 Å². The molecule has 0 unspecified atom stereocenters. The monoisotopic (exact) mass is 513 g/mol. The number of hydrogen-bond donors (Lipinski definition) is 3. The van der Waals surface area contributed by atoms with Gasteiger partial charge in [-0.1, -0.05) is 35.9 Å². The van der Waals surface area contributed by atoms with Gasteiger partial charge in [-0.3, -0.25) is 5.10 Å². The van der Waals surface area contributed by atoms with Crippen LogP contribution in [0, 0.1) is 11.3 Å². The average Bonchev–Trinajstić information content (AvgIpc) is 3.29. The topological polar surface area (TPSA) is 119 Å². The molecular formula is C26H21ClN7OP. The summed E-state index contributed by atoms with van der Waals surface area (Å²) >= 11 is 6.37. The van der Waals surface area contributed by atoms with Gasteiger partial charge in [-0.2, -0.15) is 15.3 Å². The number of aromatic nitrogens is 4. The van der Waals surface area contributed by atoms with Crippen LogP contribution in [0.3, 0.4) is 0 Å². The molecule has 3 N–H and O–H groups in total. The fourth-order valence-electron chi connectivity index (χ4n) is 3.87. The summed E-state index contributed by atoms with van der Waals surface area (Å²) in [5.74, 6) is 0.736. The normalized spacial score (nSPS) is 11.3. The highest BCUT2D eigenvalue weighted by Gasteiger charge is 2.17. The number of rotatable bonds is 6. The minimum Gasteiger partial charge on any atom is -0.338 e. The number of hydrogen-bond acceptors (Lipinski definition) is 7. The zero-order chi connectivity index (χ0) is 25.3. The molecule has 0 spiro atoms. The molecule has 36 heavy (non-hydrogen) atoms. The van der Waals surface area contributed by atoms with E-state index in [-0.39, 0.29) is 0 Å². The van der Waals surface area contributed by atoms with Gasteiger partial charge in [-0.15, -0.1) is 0 Å². The van der Waals surface area contributed by atoms with Gasteiger partial charge in [0.25, 0.3) is 0 Å². The molecule has 5 rings (SSSR count). The number of nitrogens with one attached hydrogen (secondary N) is 3. The lowest BCUT2D eigenvalue weighted by Gasteiger charge is -2.15. The van der Waals surface area contributed by atoms with Gasteiger partial charge < -0.3 is 15.2 Å². The van der Waals surface area contributed by atoms with Crippen molar-refractivity contribution in [2.45, 2.75) is 0 Å². The molecule has 0 radical (unpaired) electrons. The molecule has 8 nitrogen and oxygen atoms in total. The van der Waals surface area contributed by atoms with Gasteiger partial charge in [0.2, 0.25) is 5.95 Å². The highest BCUT2D eigenvalue weighted by atomic mass is 35.5. The molecule has 2 aromatic heterocycles. The number of fused-ring (bicyclic) bond motifs is 1. The Bertz CT molecular complexity index is 1690. The lowest BCUT2D eigenvalue weighted by Crippen LogP contribution is -2.10. The molecule has 0 aliphatic heterocycles. The van der Waals surface area contributed by atoms with Crippen LogP contribution in [0.2, 0.25) is 5.02 Å². The van der Waals surface area contributed by atoms with Crippen molar-refractivity contribution in [3.63, 3.8) is 0 Å². The lowest BCUT2D eigenvalue weighted by atomic mass is 10.1. The molecular weight excluding hydrogens is 493 g/mol. The second-order valence-corrected chi connectivity index (χ2v) is 12.1. The van der Waals surface area contributed by atoms with Crippen LogP contribution in [0.5, 0.6) is 0 Å². The third-order valence-corrected chi connectivity index (χ3v) is 7.39. The van der Waals surface area contributed by atoms with E-state index in [1.54, 1.807) is 25.5 Å². The highest BCUT2D eigenvalue weighted by molar-refractivity contribution is 7.70. The predicted octanol–water partition coefficient (Wildman–Crippen LogP) is 6.28. The van der Waals surface area contributed by atoms with Gasteiger partial charge in [0, 0.05) is 21.9 Å². The fraction of sp³-hybridized carbons (Fsp3) is 0.0769. The van der Waals surface area contributed by atoms with Crippen LogP contribution in [-0.2, 0) is 4.57 Å². The number of nitrogens with zero attached hydrogens (tertiary/aromatic N) is 4. The van der Waals surface area contributed by atoms with E-state index in [4.69, 9.17) is 11.6 Å². The van der Waals surface area contributed by atoms with Crippen molar-refractivity contribution in [2.75, 3.05) is 24.0 Å².